The number of hydrogen-bond donors (Lipinski definition) is 3. The van der Waals surface area contributed by atoms with Gasteiger partial charge in [-0.2, -0.15) is 0 Å². The molecule has 1 saturated heterocycles. The van der Waals surface area contributed by atoms with E-state index in [1.54, 1.807) is 0 Å². The third-order valence-corrected chi connectivity index (χ3v) is 4.11. The van der Waals surface area contributed by atoms with Crippen LogP contribution in [0, 0.1) is 0 Å². The molecule has 6 nitrogen and oxygen atoms in total. The minimum Gasteiger partial charge on any atom is -0.829 e. The van der Waals surface area contributed by atoms with Crippen LogP contribution >= 0.6 is 0 Å². The molecular formula is C16H31NaO6. The van der Waals surface area contributed by atoms with E-state index in [1.165, 1.54) is 32.1 Å². The van der Waals surface area contributed by atoms with Crippen LogP contribution in [0.2, 0.25) is 0 Å². The molecule has 0 aromatic carbocycles. The second-order valence-corrected chi connectivity index (χ2v) is 6.02. The van der Waals surface area contributed by atoms with Crippen molar-refractivity contribution in [2.45, 2.75) is 89.0 Å². The minimum absolute atomic E-state index is 0. The van der Waals surface area contributed by atoms with E-state index in [0.717, 1.165) is 19.3 Å². The van der Waals surface area contributed by atoms with E-state index >= 15 is 0 Å². The van der Waals surface area contributed by atoms with Crippen LogP contribution in [0.3, 0.4) is 0 Å². The van der Waals surface area contributed by atoms with Gasteiger partial charge >= 0.3 is 29.6 Å². The average molecular weight is 342 g/mol. The first-order chi connectivity index (χ1) is 10.6. The molecule has 7 heteroatoms. The normalized spacial score (nSPS) is 28.6. The van der Waals surface area contributed by atoms with Crippen LogP contribution in [0.25, 0.3) is 0 Å². The van der Waals surface area contributed by atoms with Gasteiger partial charge in [-0.15, -0.1) is 0 Å². The molecule has 0 spiro atoms. The molecule has 1 heterocycles. The van der Waals surface area contributed by atoms with Crippen LogP contribution in [0.4, 0.5) is 0 Å². The second-order valence-electron chi connectivity index (χ2n) is 6.02. The average Bonchev–Trinajstić information content (AvgIpc) is 2.80. The summed E-state index contributed by atoms with van der Waals surface area (Å²) in [6.07, 6.45) is 3.37. The molecule has 0 amide bonds. The minimum atomic E-state index is -1.52. The third-order valence-electron chi connectivity index (χ3n) is 4.11. The fraction of sp³-hybridized carbons (Fsp3) is 1.00. The Hall–Kier alpha value is 0.760. The van der Waals surface area contributed by atoms with E-state index in [2.05, 4.69) is 6.92 Å². The van der Waals surface area contributed by atoms with Crippen molar-refractivity contribution in [3.05, 3.63) is 0 Å². The van der Waals surface area contributed by atoms with Gasteiger partial charge in [-0.25, -0.2) is 0 Å². The van der Waals surface area contributed by atoms with Crippen molar-refractivity contribution in [2.75, 3.05) is 13.2 Å². The molecule has 1 fully saturated rings. The molecule has 0 unspecified atom stereocenters. The maximum atomic E-state index is 11.7. The van der Waals surface area contributed by atoms with Gasteiger partial charge in [0.25, 0.3) is 0 Å². The van der Waals surface area contributed by atoms with Crippen LogP contribution < -0.4 is 34.7 Å². The molecule has 0 aliphatic carbocycles. The van der Waals surface area contributed by atoms with Gasteiger partial charge in [0.15, 0.2) is 0 Å². The standard InChI is InChI=1S/C16H31O6.Na/c1-2-3-4-5-6-7-8-9-10-21-15-13(19)14(12(18)11-17)22-16(15)20;/h12-19H,2-11H2,1H3;/q-1;+1/t12-,13+,14+,15-,16-;/m1./s1. The SMILES string of the molecule is CCCCCCCCCCO[C@@H]1[C@@H](O)[C@H]([C@H](O)CO)O[C@H]1[O-].[Na+]. The fourth-order valence-electron chi connectivity index (χ4n) is 2.72. The Labute approximate surface area is 161 Å². The molecule has 0 radical (unpaired) electrons. The molecular weight excluding hydrogens is 311 g/mol. The largest absolute Gasteiger partial charge is 1.00 e. The zero-order chi connectivity index (χ0) is 16.4. The van der Waals surface area contributed by atoms with Crippen molar-refractivity contribution in [1.82, 2.24) is 0 Å². The number of aliphatic hydroxyl groups is 3. The molecule has 5 atom stereocenters. The van der Waals surface area contributed by atoms with Crippen LogP contribution in [0.5, 0.6) is 0 Å². The van der Waals surface area contributed by atoms with Crippen LogP contribution in [0.1, 0.15) is 58.3 Å². The van der Waals surface area contributed by atoms with E-state index < -0.39 is 37.3 Å². The monoisotopic (exact) mass is 342 g/mol. The summed E-state index contributed by atoms with van der Waals surface area (Å²) in [6, 6.07) is 0. The van der Waals surface area contributed by atoms with Gasteiger partial charge in [-0.05, 0) is 6.42 Å². The number of hydrogen-bond acceptors (Lipinski definition) is 6. The Bertz CT molecular complexity index is 281. The van der Waals surface area contributed by atoms with E-state index in [-0.39, 0.29) is 29.6 Å². The first kappa shape index (κ1) is 23.8. The predicted molar refractivity (Wildman–Crippen MR) is 80.1 cm³/mol. The van der Waals surface area contributed by atoms with Crippen molar-refractivity contribution in [3.63, 3.8) is 0 Å². The quantitative estimate of drug-likeness (QED) is 0.264. The summed E-state index contributed by atoms with van der Waals surface area (Å²) < 4.78 is 10.3. The summed E-state index contributed by atoms with van der Waals surface area (Å²) >= 11 is 0. The molecule has 0 bridgehead atoms. The topological polar surface area (TPSA) is 102 Å². The zero-order valence-corrected chi connectivity index (χ0v) is 16.5. The Kier molecular flexibility index (Phi) is 14.4. The number of ether oxygens (including phenoxy) is 2. The molecule has 0 aromatic heterocycles. The van der Waals surface area contributed by atoms with Gasteiger partial charge in [0, 0.05) is 12.9 Å². The Morgan fingerprint density at radius 3 is 2.22 bits per heavy atom. The van der Waals surface area contributed by atoms with E-state index in [0.29, 0.717) is 6.61 Å². The summed E-state index contributed by atoms with van der Waals surface area (Å²) in [6.45, 7) is 2.05. The zero-order valence-electron chi connectivity index (χ0n) is 14.5. The molecule has 1 aliphatic rings. The van der Waals surface area contributed by atoms with Gasteiger partial charge in [0.2, 0.25) is 0 Å². The van der Waals surface area contributed by atoms with Gasteiger partial charge in [0.1, 0.15) is 18.3 Å². The number of unbranched alkanes of at least 4 members (excludes halogenated alkanes) is 7. The Morgan fingerprint density at radius 1 is 1.09 bits per heavy atom. The summed E-state index contributed by atoms with van der Waals surface area (Å²) in [5, 5.41) is 39.9. The maximum absolute atomic E-state index is 11.7. The summed E-state index contributed by atoms with van der Waals surface area (Å²) in [7, 11) is 0. The van der Waals surface area contributed by atoms with Gasteiger partial charge in [-0.1, -0.05) is 51.9 Å². The molecule has 1 aliphatic heterocycles. The molecule has 0 aromatic rings. The first-order valence-corrected chi connectivity index (χ1v) is 8.51. The molecule has 132 valence electrons. The van der Waals surface area contributed by atoms with Crippen LogP contribution in [-0.2, 0) is 9.47 Å². The Balaban J connectivity index is 0.00000484. The summed E-state index contributed by atoms with van der Waals surface area (Å²) in [5.41, 5.74) is 0. The second kappa shape index (κ2) is 14.0. The first-order valence-electron chi connectivity index (χ1n) is 8.51. The molecule has 3 N–H and O–H groups in total. The number of aliphatic hydroxyl groups excluding tert-OH is 3. The van der Waals surface area contributed by atoms with Crippen LogP contribution in [-0.4, -0.2) is 59.2 Å². The van der Waals surface area contributed by atoms with Crippen molar-refractivity contribution >= 4 is 0 Å². The summed E-state index contributed by atoms with van der Waals surface area (Å²) in [5.74, 6) is 0. The predicted octanol–water partition coefficient (Wildman–Crippen LogP) is -2.68. The van der Waals surface area contributed by atoms with Crippen molar-refractivity contribution in [1.29, 1.82) is 0 Å². The third kappa shape index (κ3) is 8.61. The van der Waals surface area contributed by atoms with E-state index in [9.17, 15) is 15.3 Å². The fourth-order valence-corrected chi connectivity index (χ4v) is 2.72. The maximum Gasteiger partial charge on any atom is 1.00 e. The van der Waals surface area contributed by atoms with Gasteiger partial charge in [0.05, 0.1) is 12.7 Å². The van der Waals surface area contributed by atoms with Crippen molar-refractivity contribution < 1.29 is 59.5 Å². The number of rotatable bonds is 12. The van der Waals surface area contributed by atoms with Crippen LogP contribution in [0.15, 0.2) is 0 Å². The van der Waals surface area contributed by atoms with E-state index in [1.807, 2.05) is 0 Å². The molecule has 23 heavy (non-hydrogen) atoms. The smallest absolute Gasteiger partial charge is 0.829 e. The molecule has 0 saturated carbocycles. The van der Waals surface area contributed by atoms with E-state index in [4.69, 9.17) is 14.6 Å². The van der Waals surface area contributed by atoms with Gasteiger partial charge in [-0.3, -0.25) is 0 Å². The van der Waals surface area contributed by atoms with Gasteiger partial charge < -0.3 is 29.9 Å². The molecule has 1 rings (SSSR count). The summed E-state index contributed by atoms with van der Waals surface area (Å²) in [4.78, 5) is 0. The Morgan fingerprint density at radius 2 is 1.65 bits per heavy atom. The van der Waals surface area contributed by atoms with Crippen molar-refractivity contribution in [2.24, 2.45) is 0 Å². The van der Waals surface area contributed by atoms with Crippen molar-refractivity contribution in [3.8, 4) is 0 Å².